The number of benzene rings is 1. The lowest BCUT2D eigenvalue weighted by molar-refractivity contribution is 0.376. The van der Waals surface area contributed by atoms with E-state index >= 15 is 0 Å². The summed E-state index contributed by atoms with van der Waals surface area (Å²) in [4.78, 5) is 9.21. The van der Waals surface area contributed by atoms with Gasteiger partial charge in [0.1, 0.15) is 12.4 Å². The van der Waals surface area contributed by atoms with Crippen molar-refractivity contribution in [2.75, 3.05) is 13.1 Å². The summed E-state index contributed by atoms with van der Waals surface area (Å²) in [5.41, 5.74) is 3.14. The summed E-state index contributed by atoms with van der Waals surface area (Å²) in [6.45, 7) is 11.1. The monoisotopic (exact) mass is 496 g/mol. The molecule has 3 aromatic rings. The van der Waals surface area contributed by atoms with E-state index in [1.807, 2.05) is 31.2 Å². The van der Waals surface area contributed by atoms with Crippen LogP contribution in [0.25, 0.3) is 11.0 Å². The van der Waals surface area contributed by atoms with E-state index in [9.17, 15) is 0 Å². The Morgan fingerprint density at radius 1 is 1.25 bits per heavy atom. The Labute approximate surface area is 183 Å². The molecular weight excluding hydrogens is 467 g/mol. The first-order valence-electron chi connectivity index (χ1n) is 9.48. The number of aromatic nitrogens is 3. The minimum atomic E-state index is 0. The lowest BCUT2D eigenvalue weighted by atomic mass is 10.1. The first kappa shape index (κ1) is 22.2. The van der Waals surface area contributed by atoms with Gasteiger partial charge in [-0.1, -0.05) is 31.1 Å². The number of fused-ring (bicyclic) bond motifs is 1. The van der Waals surface area contributed by atoms with Crippen molar-refractivity contribution in [1.29, 1.82) is 0 Å². The highest BCUT2D eigenvalue weighted by Gasteiger charge is 2.08. The zero-order valence-corrected chi connectivity index (χ0v) is 19.2. The number of hydrogen-bond donors (Lipinski definition) is 2. The molecule has 0 atom stereocenters. The zero-order valence-electron chi connectivity index (χ0n) is 16.9. The molecule has 2 N–H and O–H groups in total. The van der Waals surface area contributed by atoms with Gasteiger partial charge < -0.3 is 19.7 Å². The molecule has 152 valence electrons. The molecule has 0 unspecified atom stereocenters. The molecule has 0 saturated carbocycles. The van der Waals surface area contributed by atoms with E-state index in [1.54, 1.807) is 0 Å². The number of aryl methyl sites for hydroxylation is 1. The lowest BCUT2D eigenvalue weighted by Crippen LogP contribution is -2.38. The third kappa shape index (κ3) is 5.46. The van der Waals surface area contributed by atoms with Crippen molar-refractivity contribution < 1.29 is 4.52 Å². The maximum absolute atomic E-state index is 5.36. The highest BCUT2D eigenvalue weighted by molar-refractivity contribution is 14.0. The number of hydrogen-bond acceptors (Lipinski definition) is 4. The van der Waals surface area contributed by atoms with Gasteiger partial charge in [-0.3, -0.25) is 0 Å². The smallest absolute Gasteiger partial charge is 0.191 e. The summed E-state index contributed by atoms with van der Waals surface area (Å²) < 4.78 is 7.58. The van der Waals surface area contributed by atoms with Gasteiger partial charge >= 0.3 is 0 Å². The predicted octanol–water partition coefficient (Wildman–Crippen LogP) is 3.83. The average Bonchev–Trinajstić information content (AvgIpc) is 3.24. The summed E-state index contributed by atoms with van der Waals surface area (Å²) in [6, 6.07) is 10.2. The molecule has 2 heterocycles. The summed E-state index contributed by atoms with van der Waals surface area (Å²) in [7, 11) is 0. The fourth-order valence-corrected chi connectivity index (χ4v) is 2.94. The molecule has 3 rings (SSSR count). The van der Waals surface area contributed by atoms with Gasteiger partial charge in [0.25, 0.3) is 0 Å². The Balaban J connectivity index is 0.00000280. The van der Waals surface area contributed by atoms with E-state index in [4.69, 9.17) is 4.52 Å². The number of guanidine groups is 1. The molecule has 0 spiro atoms. The Kier molecular flexibility index (Phi) is 8.28. The van der Waals surface area contributed by atoms with Crippen molar-refractivity contribution in [3.05, 3.63) is 47.6 Å². The van der Waals surface area contributed by atoms with E-state index in [2.05, 4.69) is 57.2 Å². The maximum Gasteiger partial charge on any atom is 0.191 e. The first-order valence-corrected chi connectivity index (χ1v) is 9.48. The Hall–Kier alpha value is -2.10. The maximum atomic E-state index is 5.36. The quantitative estimate of drug-likeness (QED) is 0.295. The van der Waals surface area contributed by atoms with Crippen LogP contribution in [0.2, 0.25) is 0 Å². The molecule has 8 heteroatoms. The third-order valence-corrected chi connectivity index (χ3v) is 4.38. The minimum Gasteiger partial charge on any atom is -0.359 e. The first-order chi connectivity index (χ1) is 13.1. The standard InChI is InChI=1S/C20H28N6O.HI/c1-5-21-20(23-13-16-12-18(14(2)3)25-27-16)22-10-11-26-15(4)24-17-8-6-7-9-19(17)26;/h6-9,12,14H,5,10-11,13H2,1-4H3,(H2,21,22,23);1H. The van der Waals surface area contributed by atoms with Crippen LogP contribution >= 0.6 is 24.0 Å². The van der Waals surface area contributed by atoms with Gasteiger partial charge in [0.05, 0.1) is 16.7 Å². The van der Waals surface area contributed by atoms with E-state index in [0.29, 0.717) is 12.5 Å². The third-order valence-electron chi connectivity index (χ3n) is 4.38. The van der Waals surface area contributed by atoms with Crippen LogP contribution in [0.1, 0.15) is 44.0 Å². The van der Waals surface area contributed by atoms with Crippen LogP contribution < -0.4 is 10.6 Å². The van der Waals surface area contributed by atoms with Gasteiger partial charge in [-0.15, -0.1) is 24.0 Å². The van der Waals surface area contributed by atoms with Crippen molar-refractivity contribution >= 4 is 41.0 Å². The van der Waals surface area contributed by atoms with Crippen LogP contribution in [0.3, 0.4) is 0 Å². The number of halogens is 1. The zero-order chi connectivity index (χ0) is 19.2. The van der Waals surface area contributed by atoms with Crippen molar-refractivity contribution in [2.24, 2.45) is 4.99 Å². The van der Waals surface area contributed by atoms with Gasteiger partial charge in [0, 0.05) is 25.7 Å². The van der Waals surface area contributed by atoms with Crippen molar-refractivity contribution in [3.63, 3.8) is 0 Å². The second-order valence-electron chi connectivity index (χ2n) is 6.79. The number of aliphatic imine (C=N–C) groups is 1. The largest absolute Gasteiger partial charge is 0.359 e. The second kappa shape index (κ2) is 10.4. The Morgan fingerprint density at radius 2 is 2.04 bits per heavy atom. The van der Waals surface area contributed by atoms with Crippen molar-refractivity contribution in [3.8, 4) is 0 Å². The molecule has 2 aromatic heterocycles. The molecule has 0 fully saturated rings. The van der Waals surface area contributed by atoms with E-state index < -0.39 is 0 Å². The molecular formula is C20H29IN6O. The van der Waals surface area contributed by atoms with Crippen LogP contribution in [0, 0.1) is 6.92 Å². The average molecular weight is 496 g/mol. The van der Waals surface area contributed by atoms with E-state index in [-0.39, 0.29) is 24.0 Å². The molecule has 1 aromatic carbocycles. The summed E-state index contributed by atoms with van der Waals surface area (Å²) in [5, 5.41) is 10.7. The number of imidazole rings is 1. The molecule has 0 radical (unpaired) electrons. The van der Waals surface area contributed by atoms with Gasteiger partial charge in [0.15, 0.2) is 11.7 Å². The highest BCUT2D eigenvalue weighted by Crippen LogP contribution is 2.15. The van der Waals surface area contributed by atoms with Crippen molar-refractivity contribution in [1.82, 2.24) is 25.3 Å². The van der Waals surface area contributed by atoms with Crippen LogP contribution in [0.5, 0.6) is 0 Å². The molecule has 0 aliphatic heterocycles. The molecule has 28 heavy (non-hydrogen) atoms. The summed E-state index contributed by atoms with van der Waals surface area (Å²) >= 11 is 0. The molecule has 0 aliphatic carbocycles. The number of nitrogens with zero attached hydrogens (tertiary/aromatic N) is 4. The van der Waals surface area contributed by atoms with Gasteiger partial charge in [-0.2, -0.15) is 0 Å². The Bertz CT molecular complexity index is 914. The summed E-state index contributed by atoms with van der Waals surface area (Å²) in [6.07, 6.45) is 0. The minimum absolute atomic E-state index is 0. The van der Waals surface area contributed by atoms with Crippen molar-refractivity contribution in [2.45, 2.75) is 46.7 Å². The van der Waals surface area contributed by atoms with E-state index in [0.717, 1.165) is 53.9 Å². The summed E-state index contributed by atoms with van der Waals surface area (Å²) in [5.74, 6) is 2.91. The van der Waals surface area contributed by atoms with Gasteiger partial charge in [-0.25, -0.2) is 9.98 Å². The normalized spacial score (nSPS) is 11.7. The van der Waals surface area contributed by atoms with Gasteiger partial charge in [0.2, 0.25) is 0 Å². The molecule has 0 saturated heterocycles. The van der Waals surface area contributed by atoms with Crippen LogP contribution in [-0.2, 0) is 13.1 Å². The Morgan fingerprint density at radius 3 is 2.75 bits per heavy atom. The topological polar surface area (TPSA) is 80.3 Å². The molecule has 0 aliphatic rings. The molecule has 0 bridgehead atoms. The van der Waals surface area contributed by atoms with Gasteiger partial charge in [-0.05, 0) is 31.9 Å². The fraction of sp³-hybridized carbons (Fsp3) is 0.450. The second-order valence-corrected chi connectivity index (χ2v) is 6.79. The number of para-hydroxylation sites is 2. The van der Waals surface area contributed by atoms with Crippen LogP contribution in [0.15, 0.2) is 39.8 Å². The molecule has 0 amide bonds. The fourth-order valence-electron chi connectivity index (χ4n) is 2.94. The SMILES string of the molecule is CCNC(=NCc1cc(C(C)C)no1)NCCn1c(C)nc2ccccc21.I. The number of nitrogens with one attached hydrogen (secondary N) is 2. The lowest BCUT2D eigenvalue weighted by Gasteiger charge is -2.12. The molecule has 7 nitrogen and oxygen atoms in total. The van der Waals surface area contributed by atoms with E-state index in [1.165, 1.54) is 0 Å². The highest BCUT2D eigenvalue weighted by atomic mass is 127. The van der Waals surface area contributed by atoms with Crippen LogP contribution in [-0.4, -0.2) is 33.8 Å². The predicted molar refractivity (Wildman–Crippen MR) is 123 cm³/mol. The van der Waals surface area contributed by atoms with Crippen LogP contribution in [0.4, 0.5) is 0 Å². The number of rotatable bonds is 7.